The van der Waals surface area contributed by atoms with Crippen LogP contribution in [-0.4, -0.2) is 15.9 Å². The Morgan fingerprint density at radius 1 is 1.04 bits per heavy atom. The first-order chi connectivity index (χ1) is 13.3. The van der Waals surface area contributed by atoms with Crippen molar-refractivity contribution >= 4 is 28.0 Å². The number of thiazole rings is 1. The molecule has 2 aromatic carbocycles. The van der Waals surface area contributed by atoms with Crippen LogP contribution >= 0.6 is 11.3 Å². The van der Waals surface area contributed by atoms with Crippen LogP contribution in [0.3, 0.4) is 0 Å². The molecule has 1 N–H and O–H groups in total. The molecule has 0 bridgehead atoms. The molecule has 0 radical (unpaired) electrons. The van der Waals surface area contributed by atoms with E-state index in [1.165, 1.54) is 11.3 Å². The Labute approximate surface area is 160 Å². The van der Waals surface area contributed by atoms with Crippen LogP contribution in [0.2, 0.25) is 0 Å². The van der Waals surface area contributed by atoms with E-state index >= 15 is 0 Å². The van der Waals surface area contributed by atoms with Gasteiger partial charge in [0.05, 0.1) is 12.2 Å². The smallest absolute Gasteiger partial charge is 0.271 e. The fraction of sp³-hybridized carbons (Fsp3) is 0.0952. The number of amides is 1. The number of aromatic nitrogens is 2. The summed E-state index contributed by atoms with van der Waals surface area (Å²) < 4.78 is 5.93. The predicted molar refractivity (Wildman–Crippen MR) is 106 cm³/mol. The zero-order valence-electron chi connectivity index (χ0n) is 14.5. The van der Waals surface area contributed by atoms with E-state index in [1.54, 1.807) is 11.6 Å². The van der Waals surface area contributed by atoms with Crippen molar-refractivity contribution in [1.29, 1.82) is 0 Å². The summed E-state index contributed by atoms with van der Waals surface area (Å²) in [5, 5.41) is 7.52. The number of benzene rings is 2. The first kappa shape index (κ1) is 17.2. The summed E-state index contributed by atoms with van der Waals surface area (Å²) in [6.07, 6.45) is 1.70. The van der Waals surface area contributed by atoms with E-state index in [1.807, 2.05) is 48.5 Å². The topological polar surface area (TPSA) is 64.1 Å². The number of rotatable bonds is 6. The SMILES string of the molecule is O=C(NCc1ccccn1)c1csc(COc2cccc3ccccc23)n1. The van der Waals surface area contributed by atoms with E-state index in [9.17, 15) is 4.79 Å². The minimum atomic E-state index is -0.215. The molecule has 4 rings (SSSR count). The molecule has 2 aromatic heterocycles. The number of nitrogens with zero attached hydrogens (tertiary/aromatic N) is 2. The highest BCUT2D eigenvalue weighted by molar-refractivity contribution is 7.09. The average Bonchev–Trinajstić information content (AvgIpc) is 3.20. The highest BCUT2D eigenvalue weighted by Crippen LogP contribution is 2.26. The standard InChI is InChI=1S/C21H17N3O2S/c25-21(23-12-16-8-3-4-11-22-16)18-14-27-20(24-18)13-26-19-10-5-7-15-6-1-2-9-17(15)19/h1-11,14H,12-13H2,(H,23,25). The number of nitrogens with one attached hydrogen (secondary N) is 1. The number of hydrogen-bond donors (Lipinski definition) is 1. The fourth-order valence-corrected chi connectivity index (χ4v) is 3.39. The van der Waals surface area contributed by atoms with Gasteiger partial charge in [-0.25, -0.2) is 4.98 Å². The maximum atomic E-state index is 12.2. The summed E-state index contributed by atoms with van der Waals surface area (Å²) in [7, 11) is 0. The van der Waals surface area contributed by atoms with Gasteiger partial charge in [-0.3, -0.25) is 9.78 Å². The molecule has 0 atom stereocenters. The van der Waals surface area contributed by atoms with Crippen molar-refractivity contribution in [1.82, 2.24) is 15.3 Å². The highest BCUT2D eigenvalue weighted by Gasteiger charge is 2.11. The third-order valence-electron chi connectivity index (χ3n) is 4.04. The summed E-state index contributed by atoms with van der Waals surface area (Å²) >= 11 is 1.41. The van der Waals surface area contributed by atoms with Gasteiger partial charge in [-0.15, -0.1) is 11.3 Å². The van der Waals surface area contributed by atoms with Gasteiger partial charge in [0, 0.05) is 17.0 Å². The van der Waals surface area contributed by atoms with Gasteiger partial charge in [0.2, 0.25) is 0 Å². The van der Waals surface area contributed by atoms with E-state index < -0.39 is 0 Å². The van der Waals surface area contributed by atoms with Crippen molar-refractivity contribution in [3.63, 3.8) is 0 Å². The molecule has 0 fully saturated rings. The third kappa shape index (κ3) is 4.12. The molecule has 5 nitrogen and oxygen atoms in total. The molecule has 134 valence electrons. The van der Waals surface area contributed by atoms with Crippen LogP contribution in [0.25, 0.3) is 10.8 Å². The molecule has 27 heavy (non-hydrogen) atoms. The summed E-state index contributed by atoms with van der Waals surface area (Å²) in [5.74, 6) is 0.595. The Bertz CT molecular complexity index is 1060. The number of carbonyl (C=O) groups excluding carboxylic acids is 1. The number of carbonyl (C=O) groups is 1. The zero-order chi connectivity index (χ0) is 18.5. The Morgan fingerprint density at radius 2 is 1.89 bits per heavy atom. The lowest BCUT2D eigenvalue weighted by Crippen LogP contribution is -2.23. The second kappa shape index (κ2) is 7.97. The molecule has 0 spiro atoms. The van der Waals surface area contributed by atoms with Crippen LogP contribution < -0.4 is 10.1 Å². The first-order valence-electron chi connectivity index (χ1n) is 8.53. The van der Waals surface area contributed by atoms with Gasteiger partial charge in [-0.05, 0) is 23.6 Å². The summed E-state index contributed by atoms with van der Waals surface area (Å²) in [5.41, 5.74) is 1.20. The number of pyridine rings is 1. The molecule has 0 saturated carbocycles. The zero-order valence-corrected chi connectivity index (χ0v) is 15.3. The molecule has 0 aliphatic rings. The number of fused-ring (bicyclic) bond motifs is 1. The number of hydrogen-bond acceptors (Lipinski definition) is 5. The van der Waals surface area contributed by atoms with Crippen molar-refractivity contribution in [3.05, 3.63) is 88.6 Å². The van der Waals surface area contributed by atoms with Crippen LogP contribution in [0.15, 0.2) is 72.2 Å². The lowest BCUT2D eigenvalue weighted by molar-refractivity contribution is 0.0946. The van der Waals surface area contributed by atoms with Gasteiger partial charge in [0.25, 0.3) is 5.91 Å². The molecule has 6 heteroatoms. The largest absolute Gasteiger partial charge is 0.486 e. The van der Waals surface area contributed by atoms with Crippen LogP contribution in [0.4, 0.5) is 0 Å². The van der Waals surface area contributed by atoms with Gasteiger partial charge in [-0.2, -0.15) is 0 Å². The quantitative estimate of drug-likeness (QED) is 0.549. The monoisotopic (exact) mass is 375 g/mol. The predicted octanol–water partition coefficient (Wildman–Crippen LogP) is 4.20. The van der Waals surface area contributed by atoms with Crippen molar-refractivity contribution in [2.24, 2.45) is 0 Å². The van der Waals surface area contributed by atoms with Crippen molar-refractivity contribution < 1.29 is 9.53 Å². The molecule has 2 heterocycles. The van der Waals surface area contributed by atoms with Crippen molar-refractivity contribution in [3.8, 4) is 5.75 Å². The summed E-state index contributed by atoms with van der Waals surface area (Å²) in [4.78, 5) is 20.8. The van der Waals surface area contributed by atoms with Crippen molar-refractivity contribution in [2.75, 3.05) is 0 Å². The first-order valence-corrected chi connectivity index (χ1v) is 9.40. The highest BCUT2D eigenvalue weighted by atomic mass is 32.1. The van der Waals surface area contributed by atoms with E-state index in [2.05, 4.69) is 27.4 Å². The van der Waals surface area contributed by atoms with Gasteiger partial charge in [0.15, 0.2) is 0 Å². The van der Waals surface area contributed by atoms with Crippen LogP contribution in [0.5, 0.6) is 5.75 Å². The third-order valence-corrected chi connectivity index (χ3v) is 4.86. The van der Waals surface area contributed by atoms with Crippen molar-refractivity contribution in [2.45, 2.75) is 13.2 Å². The molecule has 4 aromatic rings. The summed E-state index contributed by atoms with van der Waals surface area (Å²) in [6.45, 7) is 0.700. The maximum Gasteiger partial charge on any atom is 0.271 e. The van der Waals surface area contributed by atoms with E-state index in [-0.39, 0.29) is 5.91 Å². The lowest BCUT2D eigenvalue weighted by atomic mass is 10.1. The van der Waals surface area contributed by atoms with E-state index in [0.717, 1.165) is 27.2 Å². The second-order valence-corrected chi connectivity index (χ2v) is 6.84. The van der Waals surface area contributed by atoms with Crippen LogP contribution in [0, 0.1) is 0 Å². The van der Waals surface area contributed by atoms with Crippen LogP contribution in [0.1, 0.15) is 21.2 Å². The molecule has 1 amide bonds. The van der Waals surface area contributed by atoms with E-state index in [4.69, 9.17) is 4.74 Å². The molecule has 0 saturated heterocycles. The normalized spacial score (nSPS) is 10.7. The van der Waals surface area contributed by atoms with Gasteiger partial charge in [0.1, 0.15) is 23.1 Å². The van der Waals surface area contributed by atoms with Crippen LogP contribution in [-0.2, 0) is 13.2 Å². The Morgan fingerprint density at radius 3 is 2.78 bits per heavy atom. The molecular weight excluding hydrogens is 358 g/mol. The summed E-state index contributed by atoms with van der Waals surface area (Å²) in [6, 6.07) is 19.6. The van der Waals surface area contributed by atoms with Gasteiger partial charge < -0.3 is 10.1 Å². The Balaban J connectivity index is 1.38. The molecule has 0 aliphatic heterocycles. The van der Waals surface area contributed by atoms with E-state index in [0.29, 0.717) is 18.8 Å². The minimum absolute atomic E-state index is 0.215. The Hall–Kier alpha value is -3.25. The fourth-order valence-electron chi connectivity index (χ4n) is 2.71. The number of ether oxygens (including phenoxy) is 1. The lowest BCUT2D eigenvalue weighted by Gasteiger charge is -2.07. The average molecular weight is 375 g/mol. The minimum Gasteiger partial charge on any atom is -0.486 e. The maximum absolute atomic E-state index is 12.2. The molecular formula is C21H17N3O2S. The molecule has 0 aliphatic carbocycles. The van der Waals surface area contributed by atoms with Gasteiger partial charge in [-0.1, -0.05) is 42.5 Å². The second-order valence-electron chi connectivity index (χ2n) is 5.90. The molecule has 0 unspecified atom stereocenters. The van der Waals surface area contributed by atoms with Gasteiger partial charge >= 0.3 is 0 Å². The Kier molecular flexibility index (Phi) is 5.07.